The van der Waals surface area contributed by atoms with Crippen molar-refractivity contribution in [2.45, 2.75) is 31.6 Å². The van der Waals surface area contributed by atoms with E-state index in [4.69, 9.17) is 11.6 Å². The van der Waals surface area contributed by atoms with Crippen molar-refractivity contribution in [3.63, 3.8) is 0 Å². The van der Waals surface area contributed by atoms with Crippen LogP contribution in [-0.2, 0) is 19.6 Å². The smallest absolute Gasteiger partial charge is 0.241 e. The summed E-state index contributed by atoms with van der Waals surface area (Å²) in [6, 6.07) is 15.8. The molecule has 3 atom stereocenters. The molecule has 6 nitrogen and oxygen atoms in total. The number of likely N-dealkylation sites (tertiary alicyclic amines) is 1. The number of nitrogens with zero attached hydrogens (tertiary/aromatic N) is 1. The minimum absolute atomic E-state index is 0.00985. The predicted octanol–water partition coefficient (Wildman–Crippen LogP) is 3.46. The third kappa shape index (κ3) is 4.79. The van der Waals surface area contributed by atoms with Crippen LogP contribution in [0, 0.1) is 5.92 Å². The van der Waals surface area contributed by atoms with Gasteiger partial charge in [-0.1, -0.05) is 54.1 Å². The van der Waals surface area contributed by atoms with E-state index in [0.29, 0.717) is 10.6 Å². The Hall–Kier alpha value is -2.38. The highest BCUT2D eigenvalue weighted by atomic mass is 35.5. The van der Waals surface area contributed by atoms with Crippen LogP contribution in [0.2, 0.25) is 5.02 Å². The Morgan fingerprint density at radius 2 is 1.76 bits per heavy atom. The molecule has 2 amide bonds. The van der Waals surface area contributed by atoms with E-state index in [2.05, 4.69) is 4.72 Å². The van der Waals surface area contributed by atoms with Crippen LogP contribution in [0.5, 0.6) is 0 Å². The Bertz CT molecular complexity index is 1010. The fourth-order valence-electron chi connectivity index (χ4n) is 3.44. The van der Waals surface area contributed by atoms with Crippen molar-refractivity contribution in [1.82, 2.24) is 9.62 Å². The zero-order valence-electron chi connectivity index (χ0n) is 16.2. The molecule has 0 aliphatic carbocycles. The number of amides is 2. The lowest BCUT2D eigenvalue weighted by molar-refractivity contribution is -0.130. The van der Waals surface area contributed by atoms with Crippen molar-refractivity contribution in [3.8, 4) is 0 Å². The summed E-state index contributed by atoms with van der Waals surface area (Å²) in [4.78, 5) is 26.7. The summed E-state index contributed by atoms with van der Waals surface area (Å²) in [6.45, 7) is 3.57. The van der Waals surface area contributed by atoms with Crippen LogP contribution in [0.4, 0.5) is 0 Å². The lowest BCUT2D eigenvalue weighted by Crippen LogP contribution is -2.39. The molecule has 0 bridgehead atoms. The van der Waals surface area contributed by atoms with Gasteiger partial charge in [0.1, 0.15) is 5.25 Å². The van der Waals surface area contributed by atoms with Crippen molar-refractivity contribution >= 4 is 33.4 Å². The number of rotatable bonds is 6. The maximum atomic E-state index is 12.7. The van der Waals surface area contributed by atoms with Crippen LogP contribution in [0.1, 0.15) is 42.7 Å². The zero-order valence-corrected chi connectivity index (χ0v) is 17.8. The Morgan fingerprint density at radius 1 is 1.10 bits per heavy atom. The summed E-state index contributed by atoms with van der Waals surface area (Å²) < 4.78 is 27.5. The van der Waals surface area contributed by atoms with Crippen LogP contribution >= 0.6 is 11.6 Å². The molecule has 3 unspecified atom stereocenters. The van der Waals surface area contributed by atoms with E-state index in [1.165, 1.54) is 6.92 Å². The largest absolute Gasteiger partial charge is 0.335 e. The fourth-order valence-corrected chi connectivity index (χ4v) is 4.77. The van der Waals surface area contributed by atoms with Crippen LogP contribution < -0.4 is 4.72 Å². The Balaban J connectivity index is 1.68. The maximum absolute atomic E-state index is 12.7. The normalized spacial score (nSPS) is 19.1. The lowest BCUT2D eigenvalue weighted by atomic mass is 10.1. The standard InChI is InChI=1S/C21H23ClN2O4S/c1-14(16-7-4-3-5-8-16)24-13-18(12-20(24)25)21(26)23-29(27,28)15(2)17-9-6-10-19(22)11-17/h3-11,14-15,18H,12-13H2,1-2H3,(H,23,26). The maximum Gasteiger partial charge on any atom is 0.241 e. The predicted molar refractivity (Wildman–Crippen MR) is 112 cm³/mol. The van der Waals surface area contributed by atoms with Gasteiger partial charge >= 0.3 is 0 Å². The van der Waals surface area contributed by atoms with E-state index in [0.717, 1.165) is 5.56 Å². The second-order valence-electron chi connectivity index (χ2n) is 7.24. The van der Waals surface area contributed by atoms with Crippen molar-refractivity contribution in [2.24, 2.45) is 5.92 Å². The Morgan fingerprint density at radius 3 is 2.41 bits per heavy atom. The van der Waals surface area contributed by atoms with Gasteiger partial charge in [-0.3, -0.25) is 14.3 Å². The fraction of sp³-hybridized carbons (Fsp3) is 0.333. The topological polar surface area (TPSA) is 83.6 Å². The summed E-state index contributed by atoms with van der Waals surface area (Å²) in [5, 5.41) is -0.538. The summed E-state index contributed by atoms with van der Waals surface area (Å²) in [5.74, 6) is -1.54. The molecule has 0 radical (unpaired) electrons. The summed E-state index contributed by atoms with van der Waals surface area (Å²) >= 11 is 5.94. The van der Waals surface area contributed by atoms with Crippen molar-refractivity contribution in [1.29, 1.82) is 0 Å². The average molecular weight is 435 g/mol. The van der Waals surface area contributed by atoms with Crippen LogP contribution in [0.15, 0.2) is 54.6 Å². The number of hydrogen-bond acceptors (Lipinski definition) is 4. The molecule has 3 rings (SSSR count). The van der Waals surface area contributed by atoms with Crippen molar-refractivity contribution in [2.75, 3.05) is 6.54 Å². The van der Waals surface area contributed by atoms with Gasteiger partial charge in [0, 0.05) is 18.0 Å². The number of benzene rings is 2. The quantitative estimate of drug-likeness (QED) is 0.754. The molecular formula is C21H23ClN2O4S. The number of carbonyl (C=O) groups excluding carboxylic acids is 2. The molecule has 29 heavy (non-hydrogen) atoms. The van der Waals surface area contributed by atoms with Gasteiger partial charge in [-0.25, -0.2) is 8.42 Å². The van der Waals surface area contributed by atoms with E-state index >= 15 is 0 Å². The molecule has 0 spiro atoms. The Kier molecular flexibility index (Phi) is 6.29. The molecule has 1 fully saturated rings. The first-order valence-corrected chi connectivity index (χ1v) is 11.3. The first kappa shape index (κ1) is 21.3. The highest BCUT2D eigenvalue weighted by Gasteiger charge is 2.39. The molecule has 0 saturated carbocycles. The van der Waals surface area contributed by atoms with Gasteiger partial charge < -0.3 is 4.90 Å². The third-order valence-corrected chi connectivity index (χ3v) is 7.23. The third-order valence-electron chi connectivity index (χ3n) is 5.31. The van der Waals surface area contributed by atoms with Crippen molar-refractivity contribution in [3.05, 3.63) is 70.7 Å². The number of nitrogens with one attached hydrogen (secondary N) is 1. The molecule has 8 heteroatoms. The molecular weight excluding hydrogens is 412 g/mol. The van der Waals surface area contributed by atoms with Gasteiger partial charge in [0.2, 0.25) is 21.8 Å². The Labute approximate surface area is 175 Å². The van der Waals surface area contributed by atoms with Gasteiger partial charge in [0.05, 0.1) is 12.0 Å². The van der Waals surface area contributed by atoms with Gasteiger partial charge in [-0.05, 0) is 37.1 Å². The molecule has 1 saturated heterocycles. The molecule has 0 aromatic heterocycles. The lowest BCUT2D eigenvalue weighted by Gasteiger charge is -2.25. The summed E-state index contributed by atoms with van der Waals surface area (Å²) in [5.41, 5.74) is 1.45. The van der Waals surface area contributed by atoms with E-state index in [9.17, 15) is 18.0 Å². The van der Waals surface area contributed by atoms with E-state index in [-0.39, 0.29) is 24.9 Å². The van der Waals surface area contributed by atoms with E-state index in [1.54, 1.807) is 29.2 Å². The minimum atomic E-state index is -3.96. The molecule has 1 aliphatic heterocycles. The second kappa shape index (κ2) is 8.55. The number of sulfonamides is 1. The first-order chi connectivity index (χ1) is 13.7. The number of halogens is 1. The molecule has 2 aromatic rings. The first-order valence-electron chi connectivity index (χ1n) is 9.34. The van der Waals surface area contributed by atoms with Gasteiger partial charge in [0.25, 0.3) is 0 Å². The zero-order chi connectivity index (χ0) is 21.2. The monoisotopic (exact) mass is 434 g/mol. The highest BCUT2D eigenvalue weighted by molar-refractivity contribution is 7.90. The summed E-state index contributed by atoms with van der Waals surface area (Å²) in [7, 11) is -3.96. The number of carbonyl (C=O) groups is 2. The van der Waals surface area contributed by atoms with Gasteiger partial charge in [0.15, 0.2) is 0 Å². The van der Waals surface area contributed by atoms with E-state index in [1.807, 2.05) is 37.3 Å². The summed E-state index contributed by atoms with van der Waals surface area (Å²) in [6.07, 6.45) is -0.00985. The minimum Gasteiger partial charge on any atom is -0.335 e. The average Bonchev–Trinajstić information content (AvgIpc) is 3.09. The second-order valence-corrected chi connectivity index (χ2v) is 9.68. The molecule has 154 valence electrons. The molecule has 1 aliphatic rings. The molecule has 1 heterocycles. The highest BCUT2D eigenvalue weighted by Crippen LogP contribution is 2.29. The van der Waals surface area contributed by atoms with Gasteiger partial charge in [-0.15, -0.1) is 0 Å². The van der Waals surface area contributed by atoms with Gasteiger partial charge in [-0.2, -0.15) is 0 Å². The molecule has 2 aromatic carbocycles. The van der Waals surface area contributed by atoms with Crippen LogP contribution in [0.25, 0.3) is 0 Å². The van der Waals surface area contributed by atoms with Crippen LogP contribution in [0.3, 0.4) is 0 Å². The van der Waals surface area contributed by atoms with Crippen LogP contribution in [-0.4, -0.2) is 31.7 Å². The van der Waals surface area contributed by atoms with Crippen molar-refractivity contribution < 1.29 is 18.0 Å². The van der Waals surface area contributed by atoms with E-state index < -0.39 is 27.1 Å². The molecule has 1 N–H and O–H groups in total. The SMILES string of the molecule is CC(c1ccccc1)N1CC(C(=O)NS(=O)(=O)C(C)c2cccc(Cl)c2)CC1=O. The number of hydrogen-bond donors (Lipinski definition) is 1.